The molecular weight excluding hydrogens is 320 g/mol. The van der Waals surface area contributed by atoms with Crippen molar-refractivity contribution in [3.05, 3.63) is 47.4 Å². The fraction of sp³-hybridized carbons (Fsp3) is 0.353. The van der Waals surface area contributed by atoms with Crippen molar-refractivity contribution < 1.29 is 0 Å². The molecule has 0 aromatic carbocycles. The molecule has 4 rings (SSSR count). The lowest BCUT2D eigenvalue weighted by atomic mass is 10.1. The summed E-state index contributed by atoms with van der Waals surface area (Å²) in [5, 5.41) is 12.6. The first-order valence-electron chi connectivity index (χ1n) is 8.15. The first kappa shape index (κ1) is 15.3. The number of rotatable bonds is 5. The van der Waals surface area contributed by atoms with Crippen molar-refractivity contribution in [1.82, 2.24) is 25.1 Å². The zero-order valence-corrected chi connectivity index (χ0v) is 14.4. The van der Waals surface area contributed by atoms with E-state index in [2.05, 4.69) is 47.9 Å². The summed E-state index contributed by atoms with van der Waals surface area (Å²) in [6, 6.07) is 4.52. The van der Waals surface area contributed by atoms with Gasteiger partial charge in [-0.05, 0) is 30.8 Å². The number of H-pyrrole nitrogens is 1. The zero-order valence-electron chi connectivity index (χ0n) is 13.6. The van der Waals surface area contributed by atoms with Gasteiger partial charge in [-0.1, -0.05) is 6.07 Å². The van der Waals surface area contributed by atoms with E-state index < -0.39 is 0 Å². The number of aromatic nitrogens is 4. The molecule has 6 nitrogen and oxygen atoms in total. The molecule has 3 aromatic rings. The molecular formula is C17H20N6S. The Bertz CT molecular complexity index is 797. The van der Waals surface area contributed by atoms with Crippen molar-refractivity contribution in [2.24, 2.45) is 0 Å². The Hall–Kier alpha value is -2.25. The lowest BCUT2D eigenvalue weighted by Crippen LogP contribution is -2.23. The topological polar surface area (TPSA) is 69.7 Å². The van der Waals surface area contributed by atoms with Gasteiger partial charge in [0.25, 0.3) is 0 Å². The molecule has 1 unspecified atom stereocenters. The van der Waals surface area contributed by atoms with E-state index in [0.29, 0.717) is 6.04 Å². The predicted octanol–water partition coefficient (Wildman–Crippen LogP) is 3.31. The average molecular weight is 340 g/mol. The number of hydrogen-bond acceptors (Lipinski definition) is 6. The van der Waals surface area contributed by atoms with Crippen molar-refractivity contribution in [3.63, 3.8) is 0 Å². The number of nitrogens with one attached hydrogen (secondary N) is 2. The zero-order chi connectivity index (χ0) is 16.4. The highest BCUT2D eigenvalue weighted by molar-refractivity contribution is 7.13. The fourth-order valence-electron chi connectivity index (χ4n) is 3.30. The van der Waals surface area contributed by atoms with Crippen LogP contribution in [0.2, 0.25) is 0 Å². The van der Waals surface area contributed by atoms with Gasteiger partial charge in [-0.3, -0.25) is 15.0 Å². The van der Waals surface area contributed by atoms with Crippen LogP contribution in [0.25, 0.3) is 10.6 Å². The van der Waals surface area contributed by atoms with E-state index >= 15 is 0 Å². The highest BCUT2D eigenvalue weighted by atomic mass is 32.1. The minimum atomic E-state index is 0.317. The maximum Gasteiger partial charge on any atom is 0.144 e. The van der Waals surface area contributed by atoms with E-state index in [0.717, 1.165) is 36.7 Å². The van der Waals surface area contributed by atoms with E-state index in [9.17, 15) is 0 Å². The monoisotopic (exact) mass is 340 g/mol. The van der Waals surface area contributed by atoms with Crippen molar-refractivity contribution in [2.75, 3.05) is 18.9 Å². The quantitative estimate of drug-likeness (QED) is 0.746. The molecule has 0 spiro atoms. The number of aromatic amines is 1. The summed E-state index contributed by atoms with van der Waals surface area (Å²) >= 11 is 1.73. The van der Waals surface area contributed by atoms with Gasteiger partial charge in [0, 0.05) is 19.2 Å². The van der Waals surface area contributed by atoms with E-state index in [1.165, 1.54) is 16.9 Å². The highest BCUT2D eigenvalue weighted by Gasteiger charge is 2.28. The van der Waals surface area contributed by atoms with Crippen LogP contribution in [0.4, 0.5) is 5.82 Å². The van der Waals surface area contributed by atoms with E-state index in [1.807, 2.05) is 19.4 Å². The smallest absolute Gasteiger partial charge is 0.144 e. The van der Waals surface area contributed by atoms with Gasteiger partial charge >= 0.3 is 0 Å². The molecule has 7 heteroatoms. The minimum Gasteiger partial charge on any atom is -0.372 e. The van der Waals surface area contributed by atoms with Crippen LogP contribution in [-0.2, 0) is 6.54 Å². The molecule has 1 aliphatic rings. The molecule has 0 bridgehead atoms. The Morgan fingerprint density at radius 3 is 3.17 bits per heavy atom. The molecule has 0 saturated carbocycles. The van der Waals surface area contributed by atoms with Gasteiger partial charge in [-0.15, -0.1) is 11.3 Å². The van der Waals surface area contributed by atoms with Crippen LogP contribution in [0.1, 0.15) is 30.1 Å². The van der Waals surface area contributed by atoms with Crippen LogP contribution in [0.5, 0.6) is 0 Å². The van der Waals surface area contributed by atoms with Crippen LogP contribution in [0, 0.1) is 0 Å². The second-order valence-electron chi connectivity index (χ2n) is 5.96. The average Bonchev–Trinajstić information content (AvgIpc) is 3.36. The van der Waals surface area contributed by atoms with E-state index in [-0.39, 0.29) is 0 Å². The predicted molar refractivity (Wildman–Crippen MR) is 95.9 cm³/mol. The summed E-state index contributed by atoms with van der Waals surface area (Å²) in [7, 11) is 1.87. The number of anilines is 1. The van der Waals surface area contributed by atoms with Gasteiger partial charge in [0.1, 0.15) is 5.82 Å². The van der Waals surface area contributed by atoms with Crippen LogP contribution in [0.3, 0.4) is 0 Å². The highest BCUT2D eigenvalue weighted by Crippen LogP contribution is 2.34. The van der Waals surface area contributed by atoms with Gasteiger partial charge in [-0.25, -0.2) is 4.98 Å². The van der Waals surface area contributed by atoms with E-state index in [4.69, 9.17) is 0 Å². The summed E-state index contributed by atoms with van der Waals surface area (Å²) < 4.78 is 0. The summed E-state index contributed by atoms with van der Waals surface area (Å²) in [4.78, 5) is 12.7. The first-order valence-corrected chi connectivity index (χ1v) is 9.03. The lowest BCUT2D eigenvalue weighted by Gasteiger charge is -2.24. The normalized spacial score (nSPS) is 18.1. The summed E-state index contributed by atoms with van der Waals surface area (Å²) in [6.07, 6.45) is 7.89. The van der Waals surface area contributed by atoms with Gasteiger partial charge in [0.2, 0.25) is 0 Å². The Labute approximate surface area is 145 Å². The number of hydrogen-bond donors (Lipinski definition) is 2. The Morgan fingerprint density at radius 2 is 2.33 bits per heavy atom. The van der Waals surface area contributed by atoms with Crippen molar-refractivity contribution in [2.45, 2.75) is 25.4 Å². The van der Waals surface area contributed by atoms with Gasteiger partial charge < -0.3 is 5.32 Å². The van der Waals surface area contributed by atoms with Crippen molar-refractivity contribution in [1.29, 1.82) is 0 Å². The third kappa shape index (κ3) is 2.92. The molecule has 4 heterocycles. The fourth-order valence-corrected chi connectivity index (χ4v) is 4.05. The third-order valence-corrected chi connectivity index (χ3v) is 5.36. The van der Waals surface area contributed by atoms with E-state index in [1.54, 1.807) is 17.5 Å². The second-order valence-corrected chi connectivity index (χ2v) is 6.90. The van der Waals surface area contributed by atoms with Crippen LogP contribution in [-0.4, -0.2) is 38.7 Å². The van der Waals surface area contributed by atoms with Gasteiger partial charge in [0.05, 0.1) is 40.9 Å². The molecule has 1 saturated heterocycles. The largest absolute Gasteiger partial charge is 0.372 e. The molecule has 0 radical (unpaired) electrons. The molecule has 1 fully saturated rings. The van der Waals surface area contributed by atoms with Crippen molar-refractivity contribution >= 4 is 17.2 Å². The second kappa shape index (κ2) is 6.70. The molecule has 2 N–H and O–H groups in total. The van der Waals surface area contributed by atoms with Crippen LogP contribution in [0.15, 0.2) is 36.1 Å². The molecule has 0 aliphatic carbocycles. The minimum absolute atomic E-state index is 0.317. The summed E-state index contributed by atoms with van der Waals surface area (Å²) in [6.45, 7) is 1.95. The number of nitrogens with zero attached hydrogens (tertiary/aromatic N) is 4. The molecule has 1 aliphatic heterocycles. The summed E-state index contributed by atoms with van der Waals surface area (Å²) in [5.74, 6) is 0.821. The molecule has 3 aromatic heterocycles. The third-order valence-electron chi connectivity index (χ3n) is 4.47. The first-order chi connectivity index (χ1) is 11.8. The standard InChI is InChI=1S/C17H20N6S/c1-18-16-10-19-9-13(21-16)14-4-2-6-23(14)11-12-8-20-22-17(12)15-5-3-7-24-15/h3,5,7-10,14H,2,4,6,11H2,1H3,(H,18,21)(H,20,22). The molecule has 24 heavy (non-hydrogen) atoms. The lowest BCUT2D eigenvalue weighted by molar-refractivity contribution is 0.244. The molecule has 0 amide bonds. The van der Waals surface area contributed by atoms with Crippen LogP contribution >= 0.6 is 11.3 Å². The summed E-state index contributed by atoms with van der Waals surface area (Å²) in [5.41, 5.74) is 3.41. The van der Waals surface area contributed by atoms with Gasteiger partial charge in [-0.2, -0.15) is 5.10 Å². The molecule has 1 atom stereocenters. The van der Waals surface area contributed by atoms with Crippen LogP contribution < -0.4 is 5.32 Å². The maximum absolute atomic E-state index is 4.69. The Morgan fingerprint density at radius 1 is 1.38 bits per heavy atom. The van der Waals surface area contributed by atoms with Crippen molar-refractivity contribution in [3.8, 4) is 10.6 Å². The SMILES string of the molecule is CNc1cncc(C2CCCN2Cc2cn[nH]c2-c2cccs2)n1. The maximum atomic E-state index is 4.69. The Kier molecular flexibility index (Phi) is 4.27. The number of likely N-dealkylation sites (tertiary alicyclic amines) is 1. The Balaban J connectivity index is 1.57. The molecule has 124 valence electrons. The number of thiophene rings is 1. The van der Waals surface area contributed by atoms with Gasteiger partial charge in [0.15, 0.2) is 0 Å².